The molecule has 1 aromatic heterocycles. The number of pyridine rings is 1. The van der Waals surface area contributed by atoms with Crippen molar-refractivity contribution in [2.75, 3.05) is 36.3 Å². The zero-order valence-corrected chi connectivity index (χ0v) is 18.9. The Morgan fingerprint density at radius 3 is 2.54 bits per heavy atom. The summed E-state index contributed by atoms with van der Waals surface area (Å²) in [6, 6.07) is 20.2. The molecule has 10 nitrogen and oxygen atoms in total. The molecule has 5 rings (SSSR count). The summed E-state index contributed by atoms with van der Waals surface area (Å²) in [5.41, 5.74) is 10.1. The Morgan fingerprint density at radius 2 is 1.80 bits per heavy atom. The van der Waals surface area contributed by atoms with E-state index in [1.54, 1.807) is 18.3 Å². The first-order valence-corrected chi connectivity index (χ1v) is 11.2. The molecule has 178 valence electrons. The molecule has 0 bridgehead atoms. The topological polar surface area (TPSA) is 133 Å². The van der Waals surface area contributed by atoms with Crippen LogP contribution in [0.1, 0.15) is 16.8 Å². The van der Waals surface area contributed by atoms with Crippen molar-refractivity contribution in [3.05, 3.63) is 89.7 Å². The molecule has 3 aromatic rings. The second-order valence-electron chi connectivity index (χ2n) is 7.95. The molecule has 1 saturated heterocycles. The molecular formula is C25H25N7O3. The number of benzene rings is 2. The van der Waals surface area contributed by atoms with Crippen LogP contribution in [0, 0.1) is 5.41 Å². The van der Waals surface area contributed by atoms with E-state index < -0.39 is 6.29 Å². The lowest BCUT2D eigenvalue weighted by atomic mass is 9.99. The lowest BCUT2D eigenvalue weighted by Crippen LogP contribution is -2.37. The van der Waals surface area contributed by atoms with Gasteiger partial charge in [0.2, 0.25) is 12.2 Å². The molecule has 2 aliphatic heterocycles. The summed E-state index contributed by atoms with van der Waals surface area (Å²) in [5.74, 6) is -0.257. The van der Waals surface area contributed by atoms with Gasteiger partial charge in [-0.25, -0.2) is 15.0 Å². The van der Waals surface area contributed by atoms with Gasteiger partial charge in [0, 0.05) is 24.2 Å². The molecule has 0 spiro atoms. The van der Waals surface area contributed by atoms with Crippen molar-refractivity contribution < 1.29 is 14.7 Å². The standard InChI is InChI=1S/C25H25N7O3/c26-23(20-11-10-18(16-28-20)31-12-14-34-15-13-31)35-24(27)30-25-29-22(17-6-2-1-3-7-17)19-8-4-5-9-21(19)32(25)33/h1-11,16,25-26,33H,12-15H2,(H2,27,30). The lowest BCUT2D eigenvalue weighted by molar-refractivity contribution is 0.122. The number of nitrogens with one attached hydrogen (secondary N) is 1. The van der Waals surface area contributed by atoms with Crippen LogP contribution in [0.4, 0.5) is 11.4 Å². The Hall–Kier alpha value is -4.28. The van der Waals surface area contributed by atoms with Gasteiger partial charge in [0.25, 0.3) is 6.02 Å². The van der Waals surface area contributed by atoms with Gasteiger partial charge in [-0.2, -0.15) is 4.99 Å². The maximum Gasteiger partial charge on any atom is 0.292 e. The van der Waals surface area contributed by atoms with Crippen LogP contribution >= 0.6 is 0 Å². The van der Waals surface area contributed by atoms with Crippen molar-refractivity contribution in [1.82, 2.24) is 4.98 Å². The van der Waals surface area contributed by atoms with E-state index in [2.05, 4.69) is 19.9 Å². The van der Waals surface area contributed by atoms with E-state index >= 15 is 0 Å². The molecular weight excluding hydrogens is 446 g/mol. The van der Waals surface area contributed by atoms with E-state index in [4.69, 9.17) is 20.6 Å². The SMILES string of the molecule is N=C(OC(N)=NC1N=C(c2ccccc2)c2ccccc2N1O)c1ccc(N2CCOCC2)cn1. The van der Waals surface area contributed by atoms with Crippen LogP contribution in [0.25, 0.3) is 0 Å². The highest BCUT2D eigenvalue weighted by atomic mass is 16.5. The second kappa shape index (κ2) is 9.92. The highest BCUT2D eigenvalue weighted by Crippen LogP contribution is 2.30. The molecule has 0 aliphatic carbocycles. The van der Waals surface area contributed by atoms with Gasteiger partial charge >= 0.3 is 0 Å². The molecule has 0 saturated carbocycles. The zero-order valence-electron chi connectivity index (χ0n) is 18.9. The van der Waals surface area contributed by atoms with Crippen molar-refractivity contribution in [2.45, 2.75) is 6.29 Å². The van der Waals surface area contributed by atoms with E-state index in [0.717, 1.165) is 35.0 Å². The Labute approximate surface area is 202 Å². The number of para-hydroxylation sites is 1. The first kappa shape index (κ1) is 22.5. The third kappa shape index (κ3) is 4.84. The summed E-state index contributed by atoms with van der Waals surface area (Å²) < 4.78 is 10.8. The number of nitrogens with zero attached hydrogens (tertiary/aromatic N) is 5. The molecule has 4 N–H and O–H groups in total. The van der Waals surface area contributed by atoms with Crippen molar-refractivity contribution in [3.8, 4) is 0 Å². The molecule has 1 fully saturated rings. The van der Waals surface area contributed by atoms with Crippen LogP contribution in [0.3, 0.4) is 0 Å². The number of nitrogens with two attached hydrogens (primary N) is 1. The maximum atomic E-state index is 10.8. The average Bonchev–Trinajstić information content (AvgIpc) is 2.91. The van der Waals surface area contributed by atoms with Crippen LogP contribution in [-0.2, 0) is 9.47 Å². The van der Waals surface area contributed by atoms with Crippen LogP contribution in [-0.4, -0.2) is 60.4 Å². The molecule has 35 heavy (non-hydrogen) atoms. The number of anilines is 2. The largest absolute Gasteiger partial charge is 0.405 e. The predicted molar refractivity (Wildman–Crippen MR) is 133 cm³/mol. The summed E-state index contributed by atoms with van der Waals surface area (Å²) in [5, 5.41) is 19.9. The number of hydrogen-bond donors (Lipinski definition) is 3. The van der Waals surface area contributed by atoms with E-state index in [1.165, 1.54) is 0 Å². The quantitative estimate of drug-likeness (QED) is 0.393. The smallest absolute Gasteiger partial charge is 0.292 e. The fourth-order valence-electron chi connectivity index (χ4n) is 3.97. The van der Waals surface area contributed by atoms with E-state index in [1.807, 2.05) is 54.6 Å². The number of rotatable bonds is 4. The predicted octanol–water partition coefficient (Wildman–Crippen LogP) is 2.61. The summed E-state index contributed by atoms with van der Waals surface area (Å²) >= 11 is 0. The lowest BCUT2D eigenvalue weighted by Gasteiger charge is -2.29. The van der Waals surface area contributed by atoms with Crippen molar-refractivity contribution in [2.24, 2.45) is 15.7 Å². The van der Waals surface area contributed by atoms with Crippen LogP contribution in [0.2, 0.25) is 0 Å². The summed E-state index contributed by atoms with van der Waals surface area (Å²) in [7, 11) is 0. The highest BCUT2D eigenvalue weighted by molar-refractivity contribution is 6.17. The molecule has 1 unspecified atom stereocenters. The number of amidine groups is 1. The molecule has 2 aromatic carbocycles. The van der Waals surface area contributed by atoms with Crippen LogP contribution in [0.15, 0.2) is 82.9 Å². The molecule has 10 heteroatoms. The fraction of sp³-hybridized carbons (Fsp3) is 0.200. The number of hydrogen-bond acceptors (Lipinski definition) is 9. The van der Waals surface area contributed by atoms with Gasteiger partial charge < -0.3 is 20.1 Å². The number of morpholine rings is 1. The zero-order chi connectivity index (χ0) is 24.2. The minimum Gasteiger partial charge on any atom is -0.405 e. The van der Waals surface area contributed by atoms with Crippen LogP contribution in [0.5, 0.6) is 0 Å². The third-order valence-corrected chi connectivity index (χ3v) is 5.72. The first-order chi connectivity index (χ1) is 17.1. The number of aromatic nitrogens is 1. The molecule has 0 amide bonds. The highest BCUT2D eigenvalue weighted by Gasteiger charge is 2.28. The Balaban J connectivity index is 1.34. The summed E-state index contributed by atoms with van der Waals surface area (Å²) in [6.07, 6.45) is 0.611. The summed E-state index contributed by atoms with van der Waals surface area (Å²) in [4.78, 5) is 15.3. The molecule has 3 heterocycles. The van der Waals surface area contributed by atoms with Crippen LogP contribution < -0.4 is 15.7 Å². The molecule has 1 atom stereocenters. The van der Waals surface area contributed by atoms with Gasteiger partial charge in [-0.15, -0.1) is 0 Å². The Morgan fingerprint density at radius 1 is 1.06 bits per heavy atom. The van der Waals surface area contributed by atoms with Gasteiger partial charge in [0.1, 0.15) is 5.69 Å². The monoisotopic (exact) mass is 471 g/mol. The maximum absolute atomic E-state index is 10.8. The van der Waals surface area contributed by atoms with Gasteiger partial charge in [0.15, 0.2) is 0 Å². The molecule has 2 aliphatic rings. The number of hydroxylamine groups is 1. The molecule has 0 radical (unpaired) electrons. The van der Waals surface area contributed by atoms with Gasteiger partial charge in [-0.1, -0.05) is 48.5 Å². The minimum atomic E-state index is -1.08. The number of fused-ring (bicyclic) bond motifs is 1. The minimum absolute atomic E-state index is 0.257. The Kier molecular flexibility index (Phi) is 6.38. The van der Waals surface area contributed by atoms with Gasteiger partial charge in [-0.05, 0) is 18.2 Å². The Bertz CT molecular complexity index is 1260. The van der Waals surface area contributed by atoms with Gasteiger partial charge in [-0.3, -0.25) is 10.6 Å². The average molecular weight is 472 g/mol. The van der Waals surface area contributed by atoms with E-state index in [9.17, 15) is 5.21 Å². The second-order valence-corrected chi connectivity index (χ2v) is 7.95. The number of aliphatic imine (C=N–C) groups is 2. The van der Waals surface area contributed by atoms with Gasteiger partial charge in [0.05, 0.1) is 36.5 Å². The van der Waals surface area contributed by atoms with Crippen molar-refractivity contribution >= 4 is 29.0 Å². The first-order valence-electron chi connectivity index (χ1n) is 11.2. The van der Waals surface area contributed by atoms with E-state index in [0.29, 0.717) is 30.3 Å². The fourth-order valence-corrected chi connectivity index (χ4v) is 3.97. The van der Waals surface area contributed by atoms with Crippen molar-refractivity contribution in [1.29, 1.82) is 5.41 Å². The number of ether oxygens (including phenoxy) is 2. The van der Waals surface area contributed by atoms with E-state index in [-0.39, 0.29) is 11.9 Å². The summed E-state index contributed by atoms with van der Waals surface area (Å²) in [6.45, 7) is 2.94. The normalized spacial score (nSPS) is 18.0. The van der Waals surface area contributed by atoms with Crippen molar-refractivity contribution in [3.63, 3.8) is 0 Å². The third-order valence-electron chi connectivity index (χ3n) is 5.72.